The first kappa shape index (κ1) is 13.3. The highest BCUT2D eigenvalue weighted by Gasteiger charge is 2.11. The highest BCUT2D eigenvalue weighted by Crippen LogP contribution is 2.28. The monoisotopic (exact) mass is 264 g/mol. The van der Waals surface area contributed by atoms with E-state index in [9.17, 15) is 8.78 Å². The van der Waals surface area contributed by atoms with Crippen molar-refractivity contribution in [2.45, 2.75) is 19.6 Å². The van der Waals surface area contributed by atoms with Gasteiger partial charge in [-0.25, -0.2) is 0 Å². The molecule has 3 nitrogen and oxygen atoms in total. The number of rotatable bonds is 5. The van der Waals surface area contributed by atoms with Crippen LogP contribution in [0.1, 0.15) is 18.5 Å². The third-order valence-electron chi connectivity index (χ3n) is 2.68. The van der Waals surface area contributed by atoms with Crippen LogP contribution in [-0.2, 0) is 0 Å². The number of aromatic nitrogens is 1. The van der Waals surface area contributed by atoms with Gasteiger partial charge >= 0.3 is 6.61 Å². The van der Waals surface area contributed by atoms with Gasteiger partial charge in [-0.2, -0.15) is 8.78 Å². The molecule has 0 aliphatic heterocycles. The van der Waals surface area contributed by atoms with Gasteiger partial charge in [0.25, 0.3) is 0 Å². The van der Waals surface area contributed by atoms with E-state index in [1.54, 1.807) is 30.6 Å². The van der Waals surface area contributed by atoms with Crippen molar-refractivity contribution in [3.8, 4) is 5.75 Å². The lowest BCUT2D eigenvalue weighted by Gasteiger charge is -2.18. The van der Waals surface area contributed by atoms with E-state index in [0.717, 1.165) is 5.56 Å². The summed E-state index contributed by atoms with van der Waals surface area (Å²) < 4.78 is 29.1. The predicted molar refractivity (Wildman–Crippen MR) is 69.3 cm³/mol. The Morgan fingerprint density at radius 1 is 1.11 bits per heavy atom. The van der Waals surface area contributed by atoms with Crippen LogP contribution < -0.4 is 10.1 Å². The number of hydrogen-bond donors (Lipinski definition) is 1. The average Bonchev–Trinajstić information content (AvgIpc) is 2.41. The quantitative estimate of drug-likeness (QED) is 0.890. The van der Waals surface area contributed by atoms with Gasteiger partial charge in [-0.05, 0) is 36.8 Å². The van der Waals surface area contributed by atoms with Gasteiger partial charge in [0.1, 0.15) is 5.75 Å². The first-order valence-electron chi connectivity index (χ1n) is 5.87. The zero-order valence-corrected chi connectivity index (χ0v) is 10.4. The molecule has 1 aromatic carbocycles. The third kappa shape index (κ3) is 3.64. The highest BCUT2D eigenvalue weighted by atomic mass is 19.3. The lowest BCUT2D eigenvalue weighted by molar-refractivity contribution is -0.0493. The van der Waals surface area contributed by atoms with E-state index in [0.29, 0.717) is 5.69 Å². The summed E-state index contributed by atoms with van der Waals surface area (Å²) in [5.41, 5.74) is 1.55. The Labute approximate surface area is 110 Å². The standard InChI is InChI=1S/C14H14F2N2O/c1-10(11-6-8-17-9-7-11)18-12-4-2-3-5-13(12)19-14(15)16/h2-10,14,18H,1H3. The van der Waals surface area contributed by atoms with Crippen LogP contribution in [0.5, 0.6) is 5.75 Å². The van der Waals surface area contributed by atoms with Crippen molar-refractivity contribution < 1.29 is 13.5 Å². The van der Waals surface area contributed by atoms with Crippen LogP contribution in [0.4, 0.5) is 14.5 Å². The third-order valence-corrected chi connectivity index (χ3v) is 2.68. The second kappa shape index (κ2) is 6.13. The number of para-hydroxylation sites is 2. The van der Waals surface area contributed by atoms with Crippen molar-refractivity contribution in [2.75, 3.05) is 5.32 Å². The first-order valence-corrected chi connectivity index (χ1v) is 5.87. The molecule has 19 heavy (non-hydrogen) atoms. The SMILES string of the molecule is CC(Nc1ccccc1OC(F)F)c1ccncc1. The molecule has 0 aliphatic rings. The van der Waals surface area contributed by atoms with Crippen LogP contribution in [0, 0.1) is 0 Å². The maximum atomic E-state index is 12.3. The fourth-order valence-corrected chi connectivity index (χ4v) is 1.75. The number of hydrogen-bond acceptors (Lipinski definition) is 3. The molecule has 2 rings (SSSR count). The van der Waals surface area contributed by atoms with Crippen molar-refractivity contribution in [1.29, 1.82) is 0 Å². The maximum absolute atomic E-state index is 12.3. The number of benzene rings is 1. The zero-order valence-electron chi connectivity index (χ0n) is 10.4. The molecule has 1 aromatic heterocycles. The minimum Gasteiger partial charge on any atom is -0.433 e. The molecule has 0 aliphatic carbocycles. The Balaban J connectivity index is 2.15. The first-order chi connectivity index (χ1) is 9.16. The second-order valence-electron chi connectivity index (χ2n) is 4.02. The molecule has 0 saturated carbocycles. The Kier molecular flexibility index (Phi) is 4.28. The van der Waals surface area contributed by atoms with Crippen LogP contribution >= 0.6 is 0 Å². The molecular weight excluding hydrogens is 250 g/mol. The van der Waals surface area contributed by atoms with Crippen molar-refractivity contribution in [3.63, 3.8) is 0 Å². The minimum absolute atomic E-state index is 0.0366. The smallest absolute Gasteiger partial charge is 0.387 e. The number of anilines is 1. The number of halogens is 2. The molecule has 1 heterocycles. The average molecular weight is 264 g/mol. The van der Waals surface area contributed by atoms with Crippen LogP contribution in [-0.4, -0.2) is 11.6 Å². The van der Waals surface area contributed by atoms with E-state index in [1.165, 1.54) is 6.07 Å². The molecule has 1 unspecified atom stereocenters. The minimum atomic E-state index is -2.83. The number of alkyl halides is 2. The molecule has 0 radical (unpaired) electrons. The van der Waals surface area contributed by atoms with Crippen molar-refractivity contribution in [3.05, 3.63) is 54.4 Å². The fourth-order valence-electron chi connectivity index (χ4n) is 1.75. The van der Waals surface area contributed by atoms with Crippen molar-refractivity contribution >= 4 is 5.69 Å². The van der Waals surface area contributed by atoms with E-state index in [1.807, 2.05) is 19.1 Å². The van der Waals surface area contributed by atoms with E-state index in [2.05, 4.69) is 15.0 Å². The largest absolute Gasteiger partial charge is 0.433 e. The summed E-state index contributed by atoms with van der Waals surface area (Å²) in [5, 5.41) is 3.15. The van der Waals surface area contributed by atoms with Crippen molar-refractivity contribution in [2.24, 2.45) is 0 Å². The van der Waals surface area contributed by atoms with Gasteiger partial charge in [-0.1, -0.05) is 12.1 Å². The molecule has 0 fully saturated rings. The number of ether oxygens (including phenoxy) is 1. The van der Waals surface area contributed by atoms with Crippen molar-refractivity contribution in [1.82, 2.24) is 4.98 Å². The Morgan fingerprint density at radius 2 is 1.79 bits per heavy atom. The lowest BCUT2D eigenvalue weighted by atomic mass is 10.1. The summed E-state index contributed by atoms with van der Waals surface area (Å²) in [4.78, 5) is 3.94. The molecule has 0 spiro atoms. The second-order valence-corrected chi connectivity index (χ2v) is 4.02. The molecule has 0 bridgehead atoms. The predicted octanol–water partition coefficient (Wildman–Crippen LogP) is 3.86. The molecule has 2 aromatic rings. The molecule has 100 valence electrons. The van der Waals surface area contributed by atoms with E-state index >= 15 is 0 Å². The van der Waals surface area contributed by atoms with Gasteiger partial charge in [0.05, 0.1) is 5.69 Å². The van der Waals surface area contributed by atoms with Gasteiger partial charge in [-0.3, -0.25) is 4.98 Å². The zero-order chi connectivity index (χ0) is 13.7. The summed E-state index contributed by atoms with van der Waals surface area (Å²) in [6.07, 6.45) is 3.38. The summed E-state index contributed by atoms with van der Waals surface area (Å²) >= 11 is 0. The summed E-state index contributed by atoms with van der Waals surface area (Å²) in [6.45, 7) is -0.895. The van der Waals surface area contributed by atoms with Gasteiger partial charge < -0.3 is 10.1 Å². The van der Waals surface area contributed by atoms with Gasteiger partial charge in [0.15, 0.2) is 0 Å². The van der Waals surface area contributed by atoms with Gasteiger partial charge in [-0.15, -0.1) is 0 Å². The number of pyridine rings is 1. The van der Waals surface area contributed by atoms with Crippen LogP contribution in [0.3, 0.4) is 0 Å². The molecule has 1 N–H and O–H groups in total. The molecule has 5 heteroatoms. The number of nitrogens with one attached hydrogen (secondary N) is 1. The van der Waals surface area contributed by atoms with E-state index < -0.39 is 6.61 Å². The van der Waals surface area contributed by atoms with Crippen LogP contribution in [0.2, 0.25) is 0 Å². The van der Waals surface area contributed by atoms with Crippen LogP contribution in [0.15, 0.2) is 48.8 Å². The molecule has 1 atom stereocenters. The van der Waals surface area contributed by atoms with Gasteiger partial charge in [0.2, 0.25) is 0 Å². The van der Waals surface area contributed by atoms with E-state index in [-0.39, 0.29) is 11.8 Å². The van der Waals surface area contributed by atoms with E-state index in [4.69, 9.17) is 0 Å². The summed E-state index contributed by atoms with van der Waals surface area (Å²) in [6, 6.07) is 10.3. The summed E-state index contributed by atoms with van der Waals surface area (Å²) in [5.74, 6) is 0.137. The normalized spacial score (nSPS) is 12.2. The fraction of sp³-hybridized carbons (Fsp3) is 0.214. The lowest BCUT2D eigenvalue weighted by Crippen LogP contribution is -2.10. The number of nitrogens with zero attached hydrogens (tertiary/aromatic N) is 1. The molecular formula is C14H14F2N2O. The molecule has 0 amide bonds. The van der Waals surface area contributed by atoms with Gasteiger partial charge in [0, 0.05) is 18.4 Å². The maximum Gasteiger partial charge on any atom is 0.387 e. The Hall–Kier alpha value is -2.17. The topological polar surface area (TPSA) is 34.1 Å². The molecule has 0 saturated heterocycles. The Bertz CT molecular complexity index is 520. The Morgan fingerprint density at radius 3 is 2.47 bits per heavy atom. The van der Waals surface area contributed by atoms with Crippen LogP contribution in [0.25, 0.3) is 0 Å². The highest BCUT2D eigenvalue weighted by molar-refractivity contribution is 5.57. The summed E-state index contributed by atoms with van der Waals surface area (Å²) in [7, 11) is 0.